The van der Waals surface area contributed by atoms with Gasteiger partial charge in [-0.2, -0.15) is 26.3 Å². The maximum atomic E-state index is 12.6. The number of pyridine rings is 1. The van der Waals surface area contributed by atoms with Crippen LogP contribution < -0.4 is 5.32 Å². The standard InChI is InChI=1S/C15H10F6N2OS/c16-14(17,18)10-4-1-3-9(7-10)8-23-12(24)11-5-2-6-22-13(11)25-15(19,20)21/h1-7H,8H2,(H,23,24). The molecule has 2 aromatic rings. The first-order valence-corrected chi connectivity index (χ1v) is 7.53. The zero-order valence-electron chi connectivity index (χ0n) is 12.3. The predicted molar refractivity (Wildman–Crippen MR) is 78.8 cm³/mol. The van der Waals surface area contributed by atoms with E-state index in [0.717, 1.165) is 24.4 Å². The van der Waals surface area contributed by atoms with Gasteiger partial charge in [0.25, 0.3) is 5.91 Å². The smallest absolute Gasteiger partial charge is 0.348 e. The van der Waals surface area contributed by atoms with Crippen molar-refractivity contribution < 1.29 is 31.1 Å². The Morgan fingerprint density at radius 1 is 1.08 bits per heavy atom. The molecule has 0 aliphatic rings. The van der Waals surface area contributed by atoms with E-state index in [1.165, 1.54) is 18.2 Å². The van der Waals surface area contributed by atoms with Gasteiger partial charge in [-0.25, -0.2) is 4.98 Å². The summed E-state index contributed by atoms with van der Waals surface area (Å²) < 4.78 is 75.3. The molecule has 25 heavy (non-hydrogen) atoms. The third kappa shape index (κ3) is 5.66. The van der Waals surface area contributed by atoms with Gasteiger partial charge < -0.3 is 5.32 Å². The van der Waals surface area contributed by atoms with Gasteiger partial charge in [-0.1, -0.05) is 12.1 Å². The molecule has 10 heteroatoms. The number of alkyl halides is 6. The van der Waals surface area contributed by atoms with Gasteiger partial charge in [0.15, 0.2) is 0 Å². The number of halogens is 6. The molecular weight excluding hydrogens is 370 g/mol. The minimum absolute atomic E-state index is 0.164. The Hall–Kier alpha value is -2.23. The quantitative estimate of drug-likeness (QED) is 0.621. The second-order valence-electron chi connectivity index (χ2n) is 4.78. The Kier molecular flexibility index (Phi) is 5.61. The van der Waals surface area contributed by atoms with Crippen LogP contribution in [0.25, 0.3) is 0 Å². The number of carbonyl (C=O) groups is 1. The third-order valence-corrected chi connectivity index (χ3v) is 3.69. The first kappa shape index (κ1) is 19.1. The summed E-state index contributed by atoms with van der Waals surface area (Å²) in [5, 5.41) is 1.76. The Bertz CT molecular complexity index is 760. The molecule has 1 amide bonds. The Morgan fingerprint density at radius 2 is 1.80 bits per heavy atom. The lowest BCUT2D eigenvalue weighted by molar-refractivity contribution is -0.137. The Labute approximate surface area is 142 Å². The number of hydrogen-bond donors (Lipinski definition) is 1. The molecule has 1 heterocycles. The zero-order chi connectivity index (χ0) is 18.7. The first-order valence-electron chi connectivity index (χ1n) is 6.71. The fourth-order valence-corrected chi connectivity index (χ4v) is 2.49. The van der Waals surface area contributed by atoms with Gasteiger partial charge in [0, 0.05) is 24.5 Å². The van der Waals surface area contributed by atoms with Gasteiger partial charge in [0.05, 0.1) is 11.1 Å². The van der Waals surface area contributed by atoms with Crippen molar-refractivity contribution in [2.24, 2.45) is 0 Å². The summed E-state index contributed by atoms with van der Waals surface area (Å²) in [6.07, 6.45) is -3.42. The molecule has 0 spiro atoms. The monoisotopic (exact) mass is 380 g/mol. The Morgan fingerprint density at radius 3 is 2.44 bits per heavy atom. The topological polar surface area (TPSA) is 42.0 Å². The number of thioether (sulfide) groups is 1. The molecule has 1 aromatic heterocycles. The van der Waals surface area contributed by atoms with Gasteiger partial charge in [-0.05, 0) is 29.8 Å². The molecular formula is C15H10F6N2OS. The zero-order valence-corrected chi connectivity index (χ0v) is 13.1. The average Bonchev–Trinajstić information content (AvgIpc) is 2.51. The van der Waals surface area contributed by atoms with E-state index >= 15 is 0 Å². The van der Waals surface area contributed by atoms with E-state index in [2.05, 4.69) is 10.3 Å². The molecule has 0 radical (unpaired) electrons. The van der Waals surface area contributed by atoms with Crippen LogP contribution >= 0.6 is 11.8 Å². The molecule has 0 fully saturated rings. The summed E-state index contributed by atoms with van der Waals surface area (Å²) in [6, 6.07) is 6.73. The molecule has 0 saturated carbocycles. The molecule has 1 N–H and O–H groups in total. The number of hydrogen-bond acceptors (Lipinski definition) is 3. The molecule has 0 atom stereocenters. The number of nitrogens with zero attached hydrogens (tertiary/aromatic N) is 1. The highest BCUT2D eigenvalue weighted by Gasteiger charge is 2.32. The average molecular weight is 380 g/mol. The van der Waals surface area contributed by atoms with Crippen LogP contribution in [-0.2, 0) is 12.7 Å². The van der Waals surface area contributed by atoms with Crippen LogP contribution in [0, 0.1) is 0 Å². The summed E-state index contributed by atoms with van der Waals surface area (Å²) >= 11 is -0.538. The molecule has 0 aliphatic heterocycles. The SMILES string of the molecule is O=C(NCc1cccc(C(F)(F)F)c1)c1cccnc1SC(F)(F)F. The summed E-state index contributed by atoms with van der Waals surface area (Å²) in [6.45, 7) is -0.270. The second kappa shape index (κ2) is 7.34. The van der Waals surface area contributed by atoms with Crippen molar-refractivity contribution in [1.82, 2.24) is 10.3 Å². The maximum absolute atomic E-state index is 12.6. The minimum Gasteiger partial charge on any atom is -0.348 e. The number of aromatic nitrogens is 1. The lowest BCUT2D eigenvalue weighted by atomic mass is 10.1. The van der Waals surface area contributed by atoms with Crippen molar-refractivity contribution in [2.45, 2.75) is 23.3 Å². The van der Waals surface area contributed by atoms with E-state index in [0.29, 0.717) is 0 Å². The van der Waals surface area contributed by atoms with E-state index < -0.39 is 39.9 Å². The molecule has 0 bridgehead atoms. The van der Waals surface area contributed by atoms with Crippen molar-refractivity contribution in [2.75, 3.05) is 0 Å². The van der Waals surface area contributed by atoms with Crippen molar-refractivity contribution in [3.63, 3.8) is 0 Å². The van der Waals surface area contributed by atoms with Crippen LogP contribution in [0.4, 0.5) is 26.3 Å². The van der Waals surface area contributed by atoms with Crippen molar-refractivity contribution in [3.8, 4) is 0 Å². The largest absolute Gasteiger partial charge is 0.447 e. The molecule has 134 valence electrons. The highest BCUT2D eigenvalue weighted by atomic mass is 32.2. The second-order valence-corrected chi connectivity index (χ2v) is 5.84. The summed E-state index contributed by atoms with van der Waals surface area (Å²) in [5.41, 5.74) is -5.65. The highest BCUT2D eigenvalue weighted by molar-refractivity contribution is 8.00. The van der Waals surface area contributed by atoms with Crippen molar-refractivity contribution >= 4 is 17.7 Å². The molecule has 1 aromatic carbocycles. The lowest BCUT2D eigenvalue weighted by Gasteiger charge is -2.11. The molecule has 0 aliphatic carbocycles. The number of nitrogens with one attached hydrogen (secondary N) is 1. The van der Waals surface area contributed by atoms with Crippen molar-refractivity contribution in [1.29, 1.82) is 0 Å². The van der Waals surface area contributed by atoms with Crippen LogP contribution in [0.1, 0.15) is 21.5 Å². The highest BCUT2D eigenvalue weighted by Crippen LogP contribution is 2.37. The Balaban J connectivity index is 2.11. The number of rotatable bonds is 4. The van der Waals surface area contributed by atoms with Gasteiger partial charge >= 0.3 is 11.7 Å². The van der Waals surface area contributed by atoms with E-state index in [9.17, 15) is 31.1 Å². The third-order valence-electron chi connectivity index (χ3n) is 2.94. The predicted octanol–water partition coefficient (Wildman–Crippen LogP) is 4.64. The lowest BCUT2D eigenvalue weighted by Crippen LogP contribution is -2.24. The minimum atomic E-state index is -4.62. The fourth-order valence-electron chi connectivity index (χ4n) is 1.89. The number of benzene rings is 1. The summed E-state index contributed by atoms with van der Waals surface area (Å²) in [7, 11) is 0. The van der Waals surface area contributed by atoms with Crippen molar-refractivity contribution in [3.05, 3.63) is 59.3 Å². The van der Waals surface area contributed by atoms with Gasteiger partial charge in [0.1, 0.15) is 5.03 Å². The van der Waals surface area contributed by atoms with E-state index in [1.807, 2.05) is 0 Å². The first-order chi connectivity index (χ1) is 11.6. The van der Waals surface area contributed by atoms with Crippen LogP contribution in [0.15, 0.2) is 47.6 Å². The number of amides is 1. The number of carbonyl (C=O) groups excluding carboxylic acids is 1. The molecule has 2 rings (SSSR count). The summed E-state index contributed by atoms with van der Waals surface area (Å²) in [4.78, 5) is 15.6. The van der Waals surface area contributed by atoms with Crippen LogP contribution in [0.2, 0.25) is 0 Å². The van der Waals surface area contributed by atoms with E-state index in [4.69, 9.17) is 0 Å². The maximum Gasteiger partial charge on any atom is 0.447 e. The molecule has 0 saturated heterocycles. The van der Waals surface area contributed by atoms with E-state index in [1.54, 1.807) is 0 Å². The fraction of sp³-hybridized carbons (Fsp3) is 0.200. The normalized spacial score (nSPS) is 12.1. The summed E-state index contributed by atoms with van der Waals surface area (Å²) in [5.74, 6) is -0.864. The van der Waals surface area contributed by atoms with Gasteiger partial charge in [-0.3, -0.25) is 4.79 Å². The molecule has 3 nitrogen and oxygen atoms in total. The molecule has 0 unspecified atom stereocenters. The van der Waals surface area contributed by atoms with Gasteiger partial charge in [0.2, 0.25) is 0 Å². The van der Waals surface area contributed by atoms with Gasteiger partial charge in [-0.15, -0.1) is 0 Å². The van der Waals surface area contributed by atoms with E-state index in [-0.39, 0.29) is 17.7 Å². The van der Waals surface area contributed by atoms with Crippen LogP contribution in [-0.4, -0.2) is 16.4 Å². The van der Waals surface area contributed by atoms with Crippen LogP contribution in [0.3, 0.4) is 0 Å². The van der Waals surface area contributed by atoms with Crippen LogP contribution in [0.5, 0.6) is 0 Å².